The van der Waals surface area contributed by atoms with Crippen LogP contribution in [0, 0.1) is 0 Å². The summed E-state index contributed by atoms with van der Waals surface area (Å²) in [6.45, 7) is 4.27. The van der Waals surface area contributed by atoms with Gasteiger partial charge in [0.05, 0.1) is 32.0 Å². The minimum atomic E-state index is -1.58. The fourth-order valence-corrected chi connectivity index (χ4v) is 11.2. The van der Waals surface area contributed by atoms with E-state index in [4.69, 9.17) is 14.2 Å². The number of carbonyl (C=O) groups excluding carboxylic acids is 2. The lowest BCUT2D eigenvalue weighted by Gasteiger charge is -2.40. The zero-order chi connectivity index (χ0) is 63.0. The predicted molar refractivity (Wildman–Crippen MR) is 366 cm³/mol. The van der Waals surface area contributed by atoms with Crippen molar-refractivity contribution in [3.05, 3.63) is 72.9 Å². The standard InChI is InChI=1S/C76H137NO10/c1-3-5-7-9-11-13-15-39-43-46-50-54-58-62-69(79)68(67-86-76-75(84)74(83)73(82)70(66-78)87-76)77-71(80)63-59-55-51-47-44-40-37-35-33-31-29-27-25-23-21-19-17-16-18-20-22-24-26-28-30-32-34-36-38-41-45-49-53-57-61-65-85-72(81)64-60-56-52-48-42-14-12-10-8-6-4-2/h10-13,18,20,24,26,43,46,58,62,68-70,73-76,78-79,82-84H,3-9,14-17,19,21-23,25,27-42,44-45,47-57,59-61,63-67H2,1-2H3,(H,77,80)/b12-10-,13-11+,20-18-,26-24-,46-43+,62-58+. The Morgan fingerprint density at radius 3 is 1.24 bits per heavy atom. The maximum Gasteiger partial charge on any atom is 0.305 e. The number of carbonyl (C=O) groups is 2. The van der Waals surface area contributed by atoms with E-state index in [0.717, 1.165) is 77.0 Å². The van der Waals surface area contributed by atoms with Gasteiger partial charge in [0.25, 0.3) is 0 Å². The molecule has 7 unspecified atom stereocenters. The van der Waals surface area contributed by atoms with Gasteiger partial charge in [-0.1, -0.05) is 286 Å². The predicted octanol–water partition coefficient (Wildman–Crippen LogP) is 19.1. The van der Waals surface area contributed by atoms with Crippen molar-refractivity contribution in [1.82, 2.24) is 5.32 Å². The molecule has 1 saturated heterocycles. The number of rotatable bonds is 64. The third-order valence-corrected chi connectivity index (χ3v) is 17.0. The Bertz CT molecular complexity index is 1680. The molecule has 1 rings (SSSR count). The molecule has 1 amide bonds. The van der Waals surface area contributed by atoms with E-state index < -0.39 is 49.5 Å². The highest BCUT2D eigenvalue weighted by Gasteiger charge is 2.44. The summed E-state index contributed by atoms with van der Waals surface area (Å²) >= 11 is 0. The Hall–Kier alpha value is -2.90. The largest absolute Gasteiger partial charge is 0.466 e. The number of nitrogens with one attached hydrogen (secondary N) is 1. The van der Waals surface area contributed by atoms with Crippen LogP contribution in [0.2, 0.25) is 0 Å². The molecule has 1 aliphatic rings. The van der Waals surface area contributed by atoms with Crippen LogP contribution in [0.3, 0.4) is 0 Å². The van der Waals surface area contributed by atoms with Crippen molar-refractivity contribution in [3.8, 4) is 0 Å². The molecule has 11 heteroatoms. The van der Waals surface area contributed by atoms with Crippen LogP contribution in [0.1, 0.15) is 335 Å². The number of unbranched alkanes of at least 4 members (excludes halogenated alkanes) is 40. The molecule has 0 aromatic rings. The summed E-state index contributed by atoms with van der Waals surface area (Å²) in [6, 6.07) is -0.834. The number of hydrogen-bond donors (Lipinski definition) is 6. The van der Waals surface area contributed by atoms with Crippen molar-refractivity contribution in [3.63, 3.8) is 0 Å². The molecular weight excluding hydrogens is 1090 g/mol. The highest BCUT2D eigenvalue weighted by atomic mass is 16.7. The highest BCUT2D eigenvalue weighted by Crippen LogP contribution is 2.23. The Kier molecular flexibility index (Phi) is 61.0. The van der Waals surface area contributed by atoms with Crippen molar-refractivity contribution < 1.29 is 49.3 Å². The Morgan fingerprint density at radius 1 is 0.425 bits per heavy atom. The number of ether oxygens (including phenoxy) is 3. The highest BCUT2D eigenvalue weighted by molar-refractivity contribution is 5.76. The lowest BCUT2D eigenvalue weighted by atomic mass is 9.99. The van der Waals surface area contributed by atoms with Gasteiger partial charge in [-0.3, -0.25) is 9.59 Å². The first-order chi connectivity index (χ1) is 42.7. The number of amides is 1. The molecule has 0 spiro atoms. The number of aliphatic hydroxyl groups excluding tert-OH is 5. The van der Waals surface area contributed by atoms with Gasteiger partial charge in [-0.2, -0.15) is 0 Å². The van der Waals surface area contributed by atoms with Gasteiger partial charge in [0, 0.05) is 12.8 Å². The SMILES string of the molecule is CCCC/C=C\CCCCCCCC(=O)OCCCCCCCCCCCCC/C=C\C/C=C\CCCCCCCCCCCCCCCCCCCC(=O)NC(COC1OC(CO)C(O)C(O)C1O)C(O)/C=C/CC/C=C/CC/C=C/CCCCC. The lowest BCUT2D eigenvalue weighted by Crippen LogP contribution is -2.60. The number of allylic oxidation sites excluding steroid dienone is 11. The lowest BCUT2D eigenvalue weighted by molar-refractivity contribution is -0.302. The van der Waals surface area contributed by atoms with Crippen LogP contribution >= 0.6 is 0 Å². The van der Waals surface area contributed by atoms with Gasteiger partial charge in [-0.05, 0) is 109 Å². The summed E-state index contributed by atoms with van der Waals surface area (Å²) in [4.78, 5) is 25.1. The van der Waals surface area contributed by atoms with E-state index in [1.54, 1.807) is 6.08 Å². The van der Waals surface area contributed by atoms with Crippen molar-refractivity contribution >= 4 is 11.9 Å². The molecule has 1 aliphatic heterocycles. The summed E-state index contributed by atoms with van der Waals surface area (Å²) < 4.78 is 16.7. The molecule has 506 valence electrons. The quantitative estimate of drug-likeness (QED) is 0.0195. The van der Waals surface area contributed by atoms with E-state index in [0.29, 0.717) is 19.4 Å². The molecule has 0 aliphatic carbocycles. The van der Waals surface area contributed by atoms with E-state index in [-0.39, 0.29) is 18.5 Å². The molecule has 0 bridgehead atoms. The molecule has 1 fully saturated rings. The van der Waals surface area contributed by atoms with Crippen molar-refractivity contribution in [1.29, 1.82) is 0 Å². The molecule has 0 aromatic carbocycles. The van der Waals surface area contributed by atoms with Crippen LogP contribution in [0.5, 0.6) is 0 Å². The Morgan fingerprint density at radius 2 is 0.793 bits per heavy atom. The van der Waals surface area contributed by atoms with Gasteiger partial charge in [-0.15, -0.1) is 0 Å². The summed E-state index contributed by atoms with van der Waals surface area (Å²) in [5.41, 5.74) is 0. The zero-order valence-corrected chi connectivity index (χ0v) is 56.2. The molecular formula is C76H137NO10. The minimum Gasteiger partial charge on any atom is -0.466 e. The Labute approximate surface area is 534 Å². The van der Waals surface area contributed by atoms with E-state index >= 15 is 0 Å². The molecule has 11 nitrogen and oxygen atoms in total. The van der Waals surface area contributed by atoms with Gasteiger partial charge >= 0.3 is 5.97 Å². The average Bonchev–Trinajstić information content (AvgIpc) is 1.94. The molecule has 0 aromatic heterocycles. The monoisotopic (exact) mass is 1220 g/mol. The van der Waals surface area contributed by atoms with Crippen LogP contribution in [-0.2, 0) is 23.8 Å². The summed E-state index contributed by atoms with van der Waals surface area (Å²) in [5.74, 6) is -0.196. The van der Waals surface area contributed by atoms with Crippen LogP contribution < -0.4 is 5.32 Å². The van der Waals surface area contributed by atoms with Crippen LogP contribution in [0.25, 0.3) is 0 Å². The van der Waals surface area contributed by atoms with Crippen LogP contribution in [0.15, 0.2) is 72.9 Å². The fraction of sp³-hybridized carbons (Fsp3) is 0.816. The normalized spacial score (nSPS) is 18.3. The van der Waals surface area contributed by atoms with Crippen LogP contribution in [0.4, 0.5) is 0 Å². The van der Waals surface area contributed by atoms with E-state index in [9.17, 15) is 35.1 Å². The molecule has 87 heavy (non-hydrogen) atoms. The summed E-state index contributed by atoms with van der Waals surface area (Å²) in [6.07, 6.45) is 77.7. The Balaban J connectivity index is 1.96. The molecule has 6 N–H and O–H groups in total. The van der Waals surface area contributed by atoms with Gasteiger partial charge in [0.15, 0.2) is 6.29 Å². The van der Waals surface area contributed by atoms with Crippen molar-refractivity contribution in [2.75, 3.05) is 19.8 Å². The maximum atomic E-state index is 13.1. The van der Waals surface area contributed by atoms with Crippen LogP contribution in [-0.4, -0.2) is 100 Å². The van der Waals surface area contributed by atoms with Crippen molar-refractivity contribution in [2.24, 2.45) is 0 Å². The average molecular weight is 1220 g/mol. The van der Waals surface area contributed by atoms with E-state index in [1.165, 1.54) is 231 Å². The first kappa shape index (κ1) is 82.1. The zero-order valence-electron chi connectivity index (χ0n) is 56.2. The first-order valence-corrected chi connectivity index (χ1v) is 36.7. The van der Waals surface area contributed by atoms with Crippen molar-refractivity contribution in [2.45, 2.75) is 378 Å². The molecule has 1 heterocycles. The second-order valence-corrected chi connectivity index (χ2v) is 25.3. The van der Waals surface area contributed by atoms with E-state index in [2.05, 4.69) is 79.9 Å². The third kappa shape index (κ3) is 53.5. The first-order valence-electron chi connectivity index (χ1n) is 36.7. The fourth-order valence-electron chi connectivity index (χ4n) is 11.2. The molecule has 7 atom stereocenters. The molecule has 0 saturated carbocycles. The maximum absolute atomic E-state index is 13.1. The van der Waals surface area contributed by atoms with Gasteiger partial charge < -0.3 is 45.1 Å². The molecule has 0 radical (unpaired) electrons. The summed E-state index contributed by atoms with van der Waals surface area (Å²) in [7, 11) is 0. The second-order valence-electron chi connectivity index (χ2n) is 25.3. The summed E-state index contributed by atoms with van der Waals surface area (Å²) in [5, 5.41) is 54.5. The topological polar surface area (TPSA) is 175 Å². The van der Waals surface area contributed by atoms with Gasteiger partial charge in [0.2, 0.25) is 5.91 Å². The number of hydrogen-bond acceptors (Lipinski definition) is 10. The van der Waals surface area contributed by atoms with Gasteiger partial charge in [-0.25, -0.2) is 0 Å². The number of esters is 1. The van der Waals surface area contributed by atoms with E-state index in [1.807, 2.05) is 6.08 Å². The minimum absolute atomic E-state index is 0.00177. The third-order valence-electron chi connectivity index (χ3n) is 17.0. The smallest absolute Gasteiger partial charge is 0.305 e. The number of aliphatic hydroxyl groups is 5. The second kappa shape index (κ2) is 64.6. The van der Waals surface area contributed by atoms with Gasteiger partial charge in [0.1, 0.15) is 24.4 Å².